The van der Waals surface area contributed by atoms with Crippen LogP contribution in [0.4, 0.5) is 0 Å². The lowest BCUT2D eigenvalue weighted by Crippen LogP contribution is -2.23. The van der Waals surface area contributed by atoms with Crippen molar-refractivity contribution >= 4 is 45.7 Å². The lowest BCUT2D eigenvalue weighted by atomic mass is 10.1. The van der Waals surface area contributed by atoms with Crippen molar-refractivity contribution in [2.75, 3.05) is 0 Å². The number of hydrogen-bond acceptors (Lipinski definition) is 5. The molecule has 4 aromatic heterocycles. The molecule has 0 spiro atoms. The van der Waals surface area contributed by atoms with Gasteiger partial charge in [-0.05, 0) is 55.8 Å². The number of aromatic amines is 2. The SMILES string of the molecule is C=C(/C=c1/c(-c2cc3c(-c4ccc(C(C)=O)s4)cccc3[nH]2)n[nH]/c1=C/C)c1cncc(O)c1. The molecule has 4 heterocycles. The van der Waals surface area contributed by atoms with Crippen molar-refractivity contribution in [3.05, 3.63) is 82.4 Å². The van der Waals surface area contributed by atoms with E-state index in [1.807, 2.05) is 43.3 Å². The van der Waals surface area contributed by atoms with Gasteiger partial charge in [-0.1, -0.05) is 24.8 Å². The molecule has 0 aliphatic rings. The third-order valence-electron chi connectivity index (χ3n) is 5.67. The zero-order chi connectivity index (χ0) is 23.8. The Bertz CT molecular complexity index is 1690. The highest BCUT2D eigenvalue weighted by atomic mass is 32.1. The number of carbonyl (C=O) groups excluding carboxylic acids is 1. The monoisotopic (exact) mass is 466 g/mol. The first-order valence-corrected chi connectivity index (χ1v) is 11.5. The number of carbonyl (C=O) groups is 1. The van der Waals surface area contributed by atoms with Crippen LogP contribution in [-0.2, 0) is 0 Å². The number of pyridine rings is 1. The molecule has 5 aromatic rings. The highest BCUT2D eigenvalue weighted by molar-refractivity contribution is 7.17. The number of fused-ring (bicyclic) bond motifs is 1. The Morgan fingerprint density at radius 2 is 2.03 bits per heavy atom. The van der Waals surface area contributed by atoms with E-state index in [1.165, 1.54) is 17.5 Å². The third-order valence-corrected chi connectivity index (χ3v) is 6.89. The van der Waals surface area contributed by atoms with E-state index in [9.17, 15) is 9.90 Å². The van der Waals surface area contributed by atoms with E-state index in [-0.39, 0.29) is 11.5 Å². The molecule has 0 unspecified atom stereocenters. The predicted molar refractivity (Wildman–Crippen MR) is 138 cm³/mol. The number of hydrogen-bond donors (Lipinski definition) is 3. The van der Waals surface area contributed by atoms with Gasteiger partial charge in [0.15, 0.2) is 5.78 Å². The van der Waals surface area contributed by atoms with Gasteiger partial charge in [-0.3, -0.25) is 14.9 Å². The zero-order valence-corrected chi connectivity index (χ0v) is 19.5. The lowest BCUT2D eigenvalue weighted by molar-refractivity contribution is 0.102. The maximum atomic E-state index is 11.8. The summed E-state index contributed by atoms with van der Waals surface area (Å²) in [5.74, 6) is 0.159. The van der Waals surface area contributed by atoms with Crippen LogP contribution in [0, 0.1) is 0 Å². The van der Waals surface area contributed by atoms with Crippen molar-refractivity contribution in [1.29, 1.82) is 0 Å². The zero-order valence-electron chi connectivity index (χ0n) is 18.7. The number of rotatable bonds is 5. The van der Waals surface area contributed by atoms with Crippen LogP contribution in [0.25, 0.3) is 50.5 Å². The summed E-state index contributed by atoms with van der Waals surface area (Å²) in [5.41, 5.74) is 5.12. The molecule has 1 aromatic carbocycles. The second-order valence-corrected chi connectivity index (χ2v) is 9.04. The molecule has 0 bridgehead atoms. The Hall–Kier alpha value is -4.23. The van der Waals surface area contributed by atoms with Crippen molar-refractivity contribution < 1.29 is 9.90 Å². The first-order valence-electron chi connectivity index (χ1n) is 10.7. The van der Waals surface area contributed by atoms with Crippen LogP contribution in [0.2, 0.25) is 0 Å². The Morgan fingerprint density at radius 1 is 1.18 bits per heavy atom. The van der Waals surface area contributed by atoms with Crippen LogP contribution in [0.15, 0.2) is 61.4 Å². The van der Waals surface area contributed by atoms with Gasteiger partial charge >= 0.3 is 0 Å². The summed E-state index contributed by atoms with van der Waals surface area (Å²) in [6, 6.07) is 13.7. The molecule has 168 valence electrons. The molecule has 0 fully saturated rings. The molecule has 6 nitrogen and oxygen atoms in total. The van der Waals surface area contributed by atoms with Crippen molar-refractivity contribution in [2.24, 2.45) is 0 Å². The number of aromatic nitrogens is 4. The first kappa shape index (κ1) is 21.6. The van der Waals surface area contributed by atoms with Crippen molar-refractivity contribution in [3.63, 3.8) is 0 Å². The first-order chi connectivity index (χ1) is 16.4. The van der Waals surface area contributed by atoms with Gasteiger partial charge in [0.1, 0.15) is 11.4 Å². The minimum atomic E-state index is 0.0698. The predicted octanol–water partition coefficient (Wildman–Crippen LogP) is 4.88. The molecule has 34 heavy (non-hydrogen) atoms. The van der Waals surface area contributed by atoms with Gasteiger partial charge in [0.2, 0.25) is 0 Å². The van der Waals surface area contributed by atoms with E-state index in [1.54, 1.807) is 19.2 Å². The number of ketones is 1. The Kier molecular flexibility index (Phi) is 5.47. The van der Waals surface area contributed by atoms with Gasteiger partial charge in [0.05, 0.1) is 22.1 Å². The van der Waals surface area contributed by atoms with E-state index in [2.05, 4.69) is 38.9 Å². The number of thiophene rings is 1. The highest BCUT2D eigenvalue weighted by Gasteiger charge is 2.14. The largest absolute Gasteiger partial charge is 0.506 e. The minimum Gasteiger partial charge on any atom is -0.506 e. The van der Waals surface area contributed by atoms with Crippen LogP contribution in [0.5, 0.6) is 5.75 Å². The third kappa shape index (κ3) is 3.86. The summed E-state index contributed by atoms with van der Waals surface area (Å²) < 4.78 is 0. The molecule has 0 amide bonds. The molecule has 7 heteroatoms. The van der Waals surface area contributed by atoms with Crippen LogP contribution in [0.1, 0.15) is 29.1 Å². The van der Waals surface area contributed by atoms with Crippen LogP contribution in [0.3, 0.4) is 0 Å². The molecule has 0 radical (unpaired) electrons. The second kappa shape index (κ2) is 8.61. The maximum Gasteiger partial charge on any atom is 0.169 e. The number of allylic oxidation sites excluding steroid dienone is 1. The summed E-state index contributed by atoms with van der Waals surface area (Å²) in [7, 11) is 0. The van der Waals surface area contributed by atoms with E-state index in [0.717, 1.165) is 53.7 Å². The number of nitrogens with zero attached hydrogens (tertiary/aromatic N) is 2. The Balaban J connectivity index is 1.65. The number of nitrogens with one attached hydrogen (secondary N) is 2. The van der Waals surface area contributed by atoms with Crippen molar-refractivity contribution in [2.45, 2.75) is 13.8 Å². The summed E-state index contributed by atoms with van der Waals surface area (Å²) in [5, 5.41) is 20.3. The van der Waals surface area contributed by atoms with Crippen LogP contribution in [-0.4, -0.2) is 31.1 Å². The molecule has 0 aliphatic heterocycles. The molecule has 5 rings (SSSR count). The molecular formula is C27H22N4O2S. The van der Waals surface area contributed by atoms with Gasteiger partial charge in [-0.25, -0.2) is 0 Å². The highest BCUT2D eigenvalue weighted by Crippen LogP contribution is 2.35. The van der Waals surface area contributed by atoms with Crippen molar-refractivity contribution in [1.82, 2.24) is 20.2 Å². The summed E-state index contributed by atoms with van der Waals surface area (Å²) in [6.07, 6.45) is 6.95. The standard InChI is InChI=1S/C27H22N4O2S/c1-4-22-21(10-15(2)17-11-18(33)14-28-13-17)27(31-30-22)24-12-20-19(6-5-7-23(20)29-24)26-9-8-25(34-26)16(3)32/h4-14,29-30,33H,2H2,1,3H3/b21-10+,22-4+. The number of Topliss-reactive ketones (excluding diaryl/α,β-unsaturated/α-hetero) is 1. The van der Waals surface area contributed by atoms with E-state index >= 15 is 0 Å². The molecule has 0 aliphatic carbocycles. The normalized spacial score (nSPS) is 12.5. The van der Waals surface area contributed by atoms with Gasteiger partial charge in [0.25, 0.3) is 0 Å². The molecule has 3 N–H and O–H groups in total. The van der Waals surface area contributed by atoms with Gasteiger partial charge in [0, 0.05) is 38.3 Å². The summed E-state index contributed by atoms with van der Waals surface area (Å²) in [6.45, 7) is 7.70. The Labute approximate surface area is 199 Å². The molecule has 0 saturated heterocycles. The van der Waals surface area contributed by atoms with E-state index < -0.39 is 0 Å². The molecule has 0 saturated carbocycles. The fourth-order valence-electron chi connectivity index (χ4n) is 3.97. The van der Waals surface area contributed by atoms with Gasteiger partial charge < -0.3 is 10.1 Å². The fourth-order valence-corrected chi connectivity index (χ4v) is 4.91. The van der Waals surface area contributed by atoms with Gasteiger partial charge in [-0.2, -0.15) is 5.10 Å². The summed E-state index contributed by atoms with van der Waals surface area (Å²) in [4.78, 5) is 21.1. The number of benzene rings is 1. The van der Waals surface area contributed by atoms with E-state index in [0.29, 0.717) is 5.57 Å². The minimum absolute atomic E-state index is 0.0698. The molecular weight excluding hydrogens is 444 g/mol. The smallest absolute Gasteiger partial charge is 0.169 e. The average molecular weight is 467 g/mol. The Morgan fingerprint density at radius 3 is 2.76 bits per heavy atom. The van der Waals surface area contributed by atoms with Gasteiger partial charge in [-0.15, -0.1) is 11.3 Å². The average Bonchev–Trinajstić information content (AvgIpc) is 3.56. The second-order valence-electron chi connectivity index (χ2n) is 7.96. The summed E-state index contributed by atoms with van der Waals surface area (Å²) >= 11 is 1.50. The topological polar surface area (TPSA) is 94.7 Å². The lowest BCUT2D eigenvalue weighted by Gasteiger charge is -2.00. The number of H-pyrrole nitrogens is 2. The van der Waals surface area contributed by atoms with E-state index in [4.69, 9.17) is 0 Å². The number of aromatic hydroxyl groups is 1. The van der Waals surface area contributed by atoms with Crippen LogP contribution < -0.4 is 10.6 Å². The molecule has 0 atom stereocenters. The maximum absolute atomic E-state index is 11.8. The van der Waals surface area contributed by atoms with Crippen LogP contribution >= 0.6 is 11.3 Å². The quantitative estimate of drug-likeness (QED) is 0.322. The fraction of sp³-hybridized carbons (Fsp3) is 0.0741. The van der Waals surface area contributed by atoms with Crippen molar-refractivity contribution in [3.8, 4) is 27.6 Å².